The molecule has 2 rings (SSSR count). The molecule has 0 aliphatic heterocycles. The van der Waals surface area contributed by atoms with Gasteiger partial charge in [-0.2, -0.15) is 0 Å². The Morgan fingerprint density at radius 1 is 0.788 bits per heavy atom. The van der Waals surface area contributed by atoms with Gasteiger partial charge in [0.25, 0.3) is 0 Å². The third-order valence-electron chi connectivity index (χ3n) is 6.72. The maximum absolute atomic E-state index is 12.5. The van der Waals surface area contributed by atoms with E-state index in [-0.39, 0.29) is 11.9 Å². The Hall–Kier alpha value is -2.09. The predicted octanol–water partition coefficient (Wildman–Crippen LogP) is 9.61. The molecule has 0 aromatic heterocycles. The summed E-state index contributed by atoms with van der Waals surface area (Å²) in [5.41, 5.74) is 2.12. The number of ether oxygens (including phenoxy) is 1. The highest BCUT2D eigenvalue weighted by atomic mass is 16.5. The molecule has 2 heteroatoms. The van der Waals surface area contributed by atoms with E-state index in [0.717, 1.165) is 29.4 Å². The summed E-state index contributed by atoms with van der Waals surface area (Å²) in [5.74, 6) is -0.355. The van der Waals surface area contributed by atoms with Crippen LogP contribution >= 0.6 is 0 Å². The van der Waals surface area contributed by atoms with E-state index in [1.807, 2.05) is 19.1 Å². The molecule has 1 atom stereocenters. The van der Waals surface area contributed by atoms with Crippen molar-refractivity contribution in [3.8, 4) is 0 Å². The lowest BCUT2D eigenvalue weighted by molar-refractivity contribution is -0.145. The van der Waals surface area contributed by atoms with Gasteiger partial charge in [-0.1, -0.05) is 133 Å². The third-order valence-corrected chi connectivity index (χ3v) is 6.72. The Kier molecular flexibility index (Phi) is 13.6. The summed E-state index contributed by atoms with van der Waals surface area (Å²) in [6.07, 6.45) is 20.5. The summed E-state index contributed by atoms with van der Waals surface area (Å²) < 4.78 is 5.56. The van der Waals surface area contributed by atoms with Crippen molar-refractivity contribution in [3.05, 3.63) is 54.1 Å². The molecule has 0 heterocycles. The number of rotatable bonds is 18. The number of hydrogen-bond donors (Lipinski definition) is 0. The van der Waals surface area contributed by atoms with Crippen LogP contribution in [0.4, 0.5) is 0 Å². The minimum Gasteiger partial charge on any atom is -0.465 e. The molecule has 0 fully saturated rings. The van der Waals surface area contributed by atoms with Crippen LogP contribution in [-0.2, 0) is 9.53 Å². The van der Waals surface area contributed by atoms with Gasteiger partial charge in [0, 0.05) is 0 Å². The molecule has 2 nitrogen and oxygen atoms in total. The average molecular weight is 451 g/mol. The van der Waals surface area contributed by atoms with Gasteiger partial charge in [-0.05, 0) is 41.3 Å². The molecule has 1 unspecified atom stereocenters. The van der Waals surface area contributed by atoms with E-state index in [1.54, 1.807) is 0 Å². The number of fused-ring (bicyclic) bond motifs is 1. The molecule has 0 bridgehead atoms. The molecule has 0 amide bonds. The van der Waals surface area contributed by atoms with Crippen molar-refractivity contribution in [1.29, 1.82) is 0 Å². The van der Waals surface area contributed by atoms with Crippen LogP contribution in [0.25, 0.3) is 16.8 Å². The molecule has 0 N–H and O–H groups in total. The zero-order chi connectivity index (χ0) is 23.7. The van der Waals surface area contributed by atoms with Crippen LogP contribution in [-0.4, -0.2) is 12.6 Å². The second kappa shape index (κ2) is 16.5. The van der Waals surface area contributed by atoms with Crippen LogP contribution < -0.4 is 0 Å². The lowest BCUT2D eigenvalue weighted by Crippen LogP contribution is -2.14. The van der Waals surface area contributed by atoms with E-state index in [2.05, 4.69) is 43.8 Å². The fraction of sp³-hybridized carbons (Fsp3) is 0.581. The smallest absolute Gasteiger partial charge is 0.313 e. The van der Waals surface area contributed by atoms with Crippen LogP contribution in [0.1, 0.15) is 121 Å². The van der Waals surface area contributed by atoms with E-state index < -0.39 is 0 Å². The summed E-state index contributed by atoms with van der Waals surface area (Å²) in [5, 5.41) is 2.31. The zero-order valence-corrected chi connectivity index (χ0v) is 21.2. The van der Waals surface area contributed by atoms with Crippen molar-refractivity contribution < 1.29 is 9.53 Å². The molecule has 0 saturated carbocycles. The highest BCUT2D eigenvalue weighted by molar-refractivity contribution is 5.87. The largest absolute Gasteiger partial charge is 0.465 e. The Labute approximate surface area is 202 Å². The monoisotopic (exact) mass is 450 g/mol. The number of unbranched alkanes of at least 4 members (excludes halogenated alkanes) is 13. The number of esters is 1. The maximum atomic E-state index is 12.5. The van der Waals surface area contributed by atoms with Gasteiger partial charge < -0.3 is 4.74 Å². The van der Waals surface area contributed by atoms with Crippen LogP contribution in [0, 0.1) is 0 Å². The summed E-state index contributed by atoms with van der Waals surface area (Å²) in [6, 6.07) is 12.5. The minimum atomic E-state index is -0.236. The predicted molar refractivity (Wildman–Crippen MR) is 144 cm³/mol. The van der Waals surface area contributed by atoms with Gasteiger partial charge >= 0.3 is 5.97 Å². The van der Waals surface area contributed by atoms with Gasteiger partial charge in [-0.15, -0.1) is 0 Å². The first kappa shape index (κ1) is 27.2. The molecule has 2 aromatic carbocycles. The highest BCUT2D eigenvalue weighted by Crippen LogP contribution is 2.24. The van der Waals surface area contributed by atoms with Crippen molar-refractivity contribution in [2.45, 2.75) is 110 Å². The first-order chi connectivity index (χ1) is 16.2. The molecule has 0 spiro atoms. The Bertz CT molecular complexity index is 823. The summed E-state index contributed by atoms with van der Waals surface area (Å²) in [4.78, 5) is 12.5. The number of benzene rings is 2. The van der Waals surface area contributed by atoms with Gasteiger partial charge in [0.15, 0.2) is 0 Å². The van der Waals surface area contributed by atoms with Gasteiger partial charge in [-0.3, -0.25) is 4.79 Å². The fourth-order valence-corrected chi connectivity index (χ4v) is 4.41. The topological polar surface area (TPSA) is 26.3 Å². The first-order valence-corrected chi connectivity index (χ1v) is 13.5. The molecule has 33 heavy (non-hydrogen) atoms. The lowest BCUT2D eigenvalue weighted by Gasteiger charge is -2.13. The lowest BCUT2D eigenvalue weighted by atomic mass is 9.97. The number of hydrogen-bond acceptors (Lipinski definition) is 2. The normalized spacial score (nSPS) is 12.1. The molecular weight excluding hydrogens is 404 g/mol. The summed E-state index contributed by atoms with van der Waals surface area (Å²) in [6.45, 7) is 8.58. The quantitative estimate of drug-likeness (QED) is 0.167. The van der Waals surface area contributed by atoms with E-state index in [0.29, 0.717) is 6.61 Å². The van der Waals surface area contributed by atoms with Crippen molar-refractivity contribution in [2.75, 3.05) is 6.61 Å². The standard InChI is InChI=1S/C31H46O2/c1-4-6-7-8-9-10-11-12-13-14-15-16-17-18-23-33-31(32)26(3)28-21-22-29-24-27(5-2)19-20-30(29)25-28/h5,19-22,24-26H,2,4,6-18,23H2,1,3H3. The molecular formula is C31H46O2. The Balaban J connectivity index is 1.50. The van der Waals surface area contributed by atoms with Crippen molar-refractivity contribution in [2.24, 2.45) is 0 Å². The molecule has 0 aliphatic rings. The second-order valence-corrected chi connectivity index (χ2v) is 9.56. The van der Waals surface area contributed by atoms with E-state index >= 15 is 0 Å². The maximum Gasteiger partial charge on any atom is 0.313 e. The van der Waals surface area contributed by atoms with E-state index in [9.17, 15) is 4.79 Å². The summed E-state index contributed by atoms with van der Waals surface area (Å²) >= 11 is 0. The molecule has 0 aliphatic carbocycles. The molecule has 0 radical (unpaired) electrons. The SMILES string of the molecule is C=Cc1ccc2cc(C(C)C(=O)OCCCCCCCCCCCCCCCC)ccc2c1. The zero-order valence-electron chi connectivity index (χ0n) is 21.2. The minimum absolute atomic E-state index is 0.119. The van der Waals surface area contributed by atoms with Crippen LogP contribution in [0.5, 0.6) is 0 Å². The average Bonchev–Trinajstić information content (AvgIpc) is 2.85. The van der Waals surface area contributed by atoms with Gasteiger partial charge in [0.1, 0.15) is 0 Å². The molecule has 2 aromatic rings. The van der Waals surface area contributed by atoms with Crippen molar-refractivity contribution >= 4 is 22.8 Å². The van der Waals surface area contributed by atoms with E-state index in [1.165, 1.54) is 82.4 Å². The fourth-order valence-electron chi connectivity index (χ4n) is 4.41. The number of carbonyl (C=O) groups is 1. The summed E-state index contributed by atoms with van der Waals surface area (Å²) in [7, 11) is 0. The Morgan fingerprint density at radius 2 is 1.30 bits per heavy atom. The van der Waals surface area contributed by atoms with Crippen LogP contribution in [0.15, 0.2) is 43.0 Å². The third kappa shape index (κ3) is 10.6. The number of carbonyl (C=O) groups excluding carboxylic acids is 1. The Morgan fingerprint density at radius 3 is 1.88 bits per heavy atom. The van der Waals surface area contributed by atoms with Crippen molar-refractivity contribution in [1.82, 2.24) is 0 Å². The van der Waals surface area contributed by atoms with Gasteiger partial charge in [-0.25, -0.2) is 0 Å². The molecule has 182 valence electrons. The van der Waals surface area contributed by atoms with Crippen molar-refractivity contribution in [3.63, 3.8) is 0 Å². The van der Waals surface area contributed by atoms with Gasteiger partial charge in [0.2, 0.25) is 0 Å². The van der Waals surface area contributed by atoms with Gasteiger partial charge in [0.05, 0.1) is 12.5 Å². The van der Waals surface area contributed by atoms with Crippen LogP contribution in [0.2, 0.25) is 0 Å². The second-order valence-electron chi connectivity index (χ2n) is 9.56. The van der Waals surface area contributed by atoms with E-state index in [4.69, 9.17) is 4.74 Å². The van der Waals surface area contributed by atoms with Crippen LogP contribution in [0.3, 0.4) is 0 Å². The first-order valence-electron chi connectivity index (χ1n) is 13.5. The molecule has 0 saturated heterocycles. The highest BCUT2D eigenvalue weighted by Gasteiger charge is 2.17.